The Hall–Kier alpha value is -3.60. The predicted molar refractivity (Wildman–Crippen MR) is 215 cm³/mol. The topological polar surface area (TPSA) is 127 Å². The third-order valence-corrected chi connectivity index (χ3v) is 8.58. The zero-order valence-corrected chi connectivity index (χ0v) is 32.4. The Morgan fingerprint density at radius 3 is 1.93 bits per heavy atom. The van der Waals surface area contributed by atoms with Crippen molar-refractivity contribution in [3.63, 3.8) is 0 Å². The van der Waals surface area contributed by atoms with E-state index < -0.39 is 41.4 Å². The molecule has 2 fully saturated rings. The number of pyridine rings is 2. The highest BCUT2D eigenvalue weighted by molar-refractivity contribution is 7.59. The number of rotatable bonds is 11. The number of aldehydes is 1. The van der Waals surface area contributed by atoms with Gasteiger partial charge in [-0.3, -0.25) is 19.4 Å². The lowest BCUT2D eigenvalue weighted by atomic mass is 10.0. The zero-order valence-electron chi connectivity index (χ0n) is 28.9. The van der Waals surface area contributed by atoms with Crippen molar-refractivity contribution in [1.82, 2.24) is 15.3 Å². The average Bonchev–Trinajstić information content (AvgIpc) is 4.03. The molecule has 1 amide bonds. The summed E-state index contributed by atoms with van der Waals surface area (Å²) in [5.41, 5.74) is 7.53. The normalized spacial score (nSPS) is 14.1. The summed E-state index contributed by atoms with van der Waals surface area (Å²) in [6.45, 7) is 2.25. The second-order valence-electron chi connectivity index (χ2n) is 12.5. The van der Waals surface area contributed by atoms with Crippen LogP contribution >= 0.6 is 50.2 Å². The van der Waals surface area contributed by atoms with E-state index in [-0.39, 0.29) is 86.6 Å². The molecule has 2 saturated carbocycles. The largest absolute Gasteiger partial charge is 0.416 e. The summed E-state index contributed by atoms with van der Waals surface area (Å²) in [4.78, 5) is 41.8. The third-order valence-electron chi connectivity index (χ3n) is 8.17. The van der Waals surface area contributed by atoms with Crippen molar-refractivity contribution in [2.24, 2.45) is 17.6 Å². The van der Waals surface area contributed by atoms with Crippen LogP contribution in [0.15, 0.2) is 73.1 Å². The van der Waals surface area contributed by atoms with Gasteiger partial charge in [-0.25, -0.2) is 13.8 Å². The van der Waals surface area contributed by atoms with Gasteiger partial charge in [-0.1, -0.05) is 72.6 Å². The molecule has 0 spiro atoms. The van der Waals surface area contributed by atoms with Gasteiger partial charge >= 0.3 is 6.18 Å². The van der Waals surface area contributed by atoms with E-state index >= 15 is 0 Å². The lowest BCUT2D eigenvalue weighted by Crippen LogP contribution is -2.39. The van der Waals surface area contributed by atoms with Crippen LogP contribution in [0.25, 0.3) is 0 Å². The predicted octanol–water partition coefficient (Wildman–Crippen LogP) is 8.79. The first kappa shape index (κ1) is 49.4. The van der Waals surface area contributed by atoms with E-state index in [9.17, 15) is 36.3 Å². The second kappa shape index (κ2) is 22.8. The number of nitrogens with one attached hydrogen (secondary N) is 2. The molecule has 4 N–H and O–H groups in total. The molecule has 300 valence electrons. The monoisotopic (exact) mass is 847 g/mol. The number of Topliss-reactive ketones (excluding diaryl/α,β-unsaturated/α-hetero) is 1. The number of benzene rings is 2. The van der Waals surface area contributed by atoms with E-state index in [4.69, 9.17) is 28.9 Å². The number of carbonyl (C=O) groups is 3. The smallest absolute Gasteiger partial charge is 0.320 e. The van der Waals surface area contributed by atoms with Gasteiger partial charge in [0.25, 0.3) is 0 Å². The maximum atomic E-state index is 13.9. The van der Waals surface area contributed by atoms with Crippen molar-refractivity contribution in [3.8, 4) is 0 Å². The number of ketones is 1. The fraction of sp³-hybridized carbons (Fsp3) is 0.342. The van der Waals surface area contributed by atoms with E-state index in [0.29, 0.717) is 5.56 Å². The molecule has 0 radical (unpaired) electrons. The van der Waals surface area contributed by atoms with Gasteiger partial charge in [0.15, 0.2) is 17.4 Å². The molecule has 4 aromatic rings. The van der Waals surface area contributed by atoms with Crippen LogP contribution in [-0.2, 0) is 28.7 Å². The first-order valence-corrected chi connectivity index (χ1v) is 17.0. The molecule has 55 heavy (non-hydrogen) atoms. The van der Waals surface area contributed by atoms with Gasteiger partial charge in [0, 0.05) is 24.5 Å². The molecular formula is C38H44Cl2F5N5O3S2. The Balaban J connectivity index is 0.000000458. The zero-order chi connectivity index (χ0) is 38.0. The summed E-state index contributed by atoms with van der Waals surface area (Å²) >= 11 is 11.2. The molecule has 0 saturated heterocycles. The summed E-state index contributed by atoms with van der Waals surface area (Å²) in [7, 11) is 0. The number of anilines is 1. The fourth-order valence-electron chi connectivity index (χ4n) is 4.88. The molecule has 6 rings (SSSR count). The molecule has 2 aromatic heterocycles. The van der Waals surface area contributed by atoms with Crippen LogP contribution in [0.1, 0.15) is 65.9 Å². The lowest BCUT2D eigenvalue weighted by molar-refractivity contribution is -0.137. The first-order valence-electron chi connectivity index (χ1n) is 16.3. The minimum atomic E-state index is -4.38. The first-order chi connectivity index (χ1) is 24.6. The van der Waals surface area contributed by atoms with Gasteiger partial charge in [-0.05, 0) is 74.3 Å². The molecule has 2 atom stereocenters. The van der Waals surface area contributed by atoms with Crippen LogP contribution < -0.4 is 16.4 Å². The SMILES string of the molecule is C.Cc1ccc(C=O)cc1.N[C@H](C(=O)Nc1ncc(Cl)cc1F)C1CC1.O=C(Cc1ncc(Cl)cc1F)[C@@H](NCc1ccc(C(F)(F)F)cc1)C1CC1.S.S. The molecule has 17 heteroatoms. The number of aryl methyl sites for hydroxylation is 1. The summed E-state index contributed by atoms with van der Waals surface area (Å²) in [6, 6.07) is 13.4. The quantitative estimate of drug-likeness (QED) is 0.102. The van der Waals surface area contributed by atoms with Crippen molar-refractivity contribution < 1.29 is 36.3 Å². The summed E-state index contributed by atoms with van der Waals surface area (Å²) in [5, 5.41) is 5.79. The molecule has 0 unspecified atom stereocenters. The standard InChI is InChI=1S/C19H17ClF4N2O.C10H11ClFN3O.C8H8O.CH4.2H2S/c20-14-7-15(21)16(25-10-14)8-17(27)18(12-3-4-12)26-9-11-1-5-13(6-2-11)19(22,23)24;11-6-3-7(12)9(14-4-6)15-10(16)8(13)5-1-2-5;1-7-2-4-8(6-9)5-3-7;;;/h1-2,5-7,10,12,18,26H,3-4,8-9H2;3-5,8H,1-2,13H2,(H,14,15,16);2-6H,1H3;1H4;2*1H2/t18-;8-;;;;/m00..../s1. The van der Waals surface area contributed by atoms with Gasteiger partial charge in [0.05, 0.1) is 39.8 Å². The minimum absolute atomic E-state index is 0. The Labute approximate surface area is 341 Å². The highest BCUT2D eigenvalue weighted by atomic mass is 35.5. The number of aromatic nitrogens is 2. The number of amides is 1. The maximum Gasteiger partial charge on any atom is 0.416 e. The molecular weight excluding hydrogens is 804 g/mol. The number of halogens is 7. The number of nitrogens with two attached hydrogens (primary N) is 1. The van der Waals surface area contributed by atoms with E-state index in [1.807, 2.05) is 31.2 Å². The van der Waals surface area contributed by atoms with E-state index in [1.54, 1.807) is 0 Å². The minimum Gasteiger partial charge on any atom is -0.320 e. The van der Waals surface area contributed by atoms with E-state index in [0.717, 1.165) is 61.8 Å². The van der Waals surface area contributed by atoms with Crippen molar-refractivity contribution >= 4 is 74.0 Å². The molecule has 2 heterocycles. The number of carbonyl (C=O) groups excluding carboxylic acids is 3. The molecule has 2 aromatic carbocycles. The Morgan fingerprint density at radius 1 is 0.891 bits per heavy atom. The van der Waals surface area contributed by atoms with Gasteiger partial charge in [0.2, 0.25) is 5.91 Å². The summed E-state index contributed by atoms with van der Waals surface area (Å²) < 4.78 is 65.0. The van der Waals surface area contributed by atoms with Crippen LogP contribution in [0, 0.1) is 30.4 Å². The van der Waals surface area contributed by atoms with Crippen molar-refractivity contribution in [3.05, 3.63) is 123 Å². The van der Waals surface area contributed by atoms with E-state index in [1.165, 1.54) is 30.1 Å². The van der Waals surface area contributed by atoms with Crippen LogP contribution in [0.5, 0.6) is 0 Å². The fourth-order valence-corrected chi connectivity index (χ4v) is 5.17. The Morgan fingerprint density at radius 2 is 1.44 bits per heavy atom. The molecule has 2 aliphatic carbocycles. The van der Waals surface area contributed by atoms with Gasteiger partial charge in [0.1, 0.15) is 12.1 Å². The van der Waals surface area contributed by atoms with Gasteiger partial charge in [-0.2, -0.15) is 40.2 Å². The number of nitrogens with zero attached hydrogens (tertiary/aromatic N) is 2. The summed E-state index contributed by atoms with van der Waals surface area (Å²) in [5.74, 6) is -1.66. The lowest BCUT2D eigenvalue weighted by Gasteiger charge is -2.17. The van der Waals surface area contributed by atoms with Crippen LogP contribution in [0.2, 0.25) is 10.0 Å². The van der Waals surface area contributed by atoms with Crippen molar-refractivity contribution in [2.75, 3.05) is 5.32 Å². The molecule has 2 aliphatic rings. The third kappa shape index (κ3) is 16.2. The molecule has 8 nitrogen and oxygen atoms in total. The molecule has 0 aliphatic heterocycles. The number of alkyl halides is 3. The van der Waals surface area contributed by atoms with Gasteiger partial charge < -0.3 is 16.4 Å². The highest BCUT2D eigenvalue weighted by Crippen LogP contribution is 2.34. The van der Waals surface area contributed by atoms with Crippen molar-refractivity contribution in [1.29, 1.82) is 0 Å². The van der Waals surface area contributed by atoms with Crippen molar-refractivity contribution in [2.45, 2.75) is 71.3 Å². The van der Waals surface area contributed by atoms with Crippen LogP contribution in [0.4, 0.5) is 27.8 Å². The maximum absolute atomic E-state index is 13.9. The second-order valence-corrected chi connectivity index (χ2v) is 13.4. The number of hydrogen-bond donors (Lipinski definition) is 3. The van der Waals surface area contributed by atoms with E-state index in [2.05, 4.69) is 20.6 Å². The molecule has 0 bridgehead atoms. The average molecular weight is 849 g/mol. The number of hydrogen-bond acceptors (Lipinski definition) is 7. The van der Waals surface area contributed by atoms with Crippen LogP contribution in [-0.4, -0.2) is 40.0 Å². The van der Waals surface area contributed by atoms with Crippen LogP contribution in [0.3, 0.4) is 0 Å². The Bertz CT molecular complexity index is 1850. The Kier molecular flexibility index (Phi) is 20.5. The highest BCUT2D eigenvalue weighted by Gasteiger charge is 2.36. The van der Waals surface area contributed by atoms with Gasteiger partial charge in [-0.15, -0.1) is 0 Å². The summed E-state index contributed by atoms with van der Waals surface area (Å²) in [6.07, 6.45) is 2.52.